The highest BCUT2D eigenvalue weighted by Gasteiger charge is 2.16. The molecule has 1 heterocycles. The van der Waals surface area contributed by atoms with E-state index in [9.17, 15) is 4.79 Å². The van der Waals surface area contributed by atoms with Crippen LogP contribution in [0.3, 0.4) is 0 Å². The molecule has 1 aromatic rings. The van der Waals surface area contributed by atoms with E-state index in [2.05, 4.69) is 9.97 Å². The molecule has 70 valence electrons. The summed E-state index contributed by atoms with van der Waals surface area (Å²) in [6.45, 7) is 0. The van der Waals surface area contributed by atoms with E-state index in [1.807, 2.05) is 0 Å². The topological polar surface area (TPSA) is 45.8 Å². The summed E-state index contributed by atoms with van der Waals surface area (Å²) in [5.74, 6) is 1.37. The molecular weight excluding hydrogens is 164 g/mol. The first-order chi connectivity index (χ1) is 6.36. The molecule has 0 amide bonds. The van der Waals surface area contributed by atoms with Gasteiger partial charge in [-0.25, -0.2) is 4.98 Å². The first-order valence-corrected chi connectivity index (χ1v) is 4.91. The van der Waals surface area contributed by atoms with Crippen molar-refractivity contribution in [2.75, 3.05) is 0 Å². The minimum atomic E-state index is -0.0319. The Labute approximate surface area is 77.2 Å². The van der Waals surface area contributed by atoms with Crippen molar-refractivity contribution in [2.45, 2.75) is 38.0 Å². The van der Waals surface area contributed by atoms with E-state index in [0.717, 1.165) is 5.82 Å². The van der Waals surface area contributed by atoms with Crippen LogP contribution in [0.15, 0.2) is 17.1 Å². The normalized spacial score (nSPS) is 18.8. The molecule has 1 saturated carbocycles. The van der Waals surface area contributed by atoms with Gasteiger partial charge in [0.15, 0.2) is 0 Å². The minimum absolute atomic E-state index is 0.0319. The van der Waals surface area contributed by atoms with E-state index in [0.29, 0.717) is 5.92 Å². The van der Waals surface area contributed by atoms with Crippen LogP contribution in [-0.2, 0) is 0 Å². The van der Waals surface area contributed by atoms with Gasteiger partial charge < -0.3 is 4.98 Å². The van der Waals surface area contributed by atoms with Gasteiger partial charge in [0.1, 0.15) is 5.82 Å². The molecule has 0 saturated heterocycles. The highest BCUT2D eigenvalue weighted by atomic mass is 16.1. The highest BCUT2D eigenvalue weighted by molar-refractivity contribution is 4.98. The largest absolute Gasteiger partial charge is 0.310 e. The van der Waals surface area contributed by atoms with E-state index >= 15 is 0 Å². The van der Waals surface area contributed by atoms with Crippen molar-refractivity contribution in [1.82, 2.24) is 9.97 Å². The van der Waals surface area contributed by atoms with Crippen molar-refractivity contribution >= 4 is 0 Å². The molecule has 1 aromatic heterocycles. The molecule has 0 unspecified atom stereocenters. The molecule has 0 aromatic carbocycles. The van der Waals surface area contributed by atoms with Gasteiger partial charge in [0.05, 0.1) is 0 Å². The molecular formula is C10H14N2O. The minimum Gasteiger partial charge on any atom is -0.310 e. The molecule has 1 N–H and O–H groups in total. The van der Waals surface area contributed by atoms with Crippen molar-refractivity contribution in [3.8, 4) is 0 Å². The van der Waals surface area contributed by atoms with E-state index in [1.165, 1.54) is 38.2 Å². The summed E-state index contributed by atoms with van der Waals surface area (Å²) in [6.07, 6.45) is 7.81. The maximum Gasteiger partial charge on any atom is 0.250 e. The Bertz CT molecular complexity index is 326. The fourth-order valence-corrected chi connectivity index (χ4v) is 1.97. The second kappa shape index (κ2) is 3.73. The molecule has 13 heavy (non-hydrogen) atoms. The molecule has 0 spiro atoms. The summed E-state index contributed by atoms with van der Waals surface area (Å²) in [5, 5.41) is 0. The average molecular weight is 178 g/mol. The number of hydrogen-bond donors (Lipinski definition) is 1. The zero-order valence-corrected chi connectivity index (χ0v) is 7.62. The van der Waals surface area contributed by atoms with Crippen LogP contribution in [0.25, 0.3) is 0 Å². The van der Waals surface area contributed by atoms with Crippen molar-refractivity contribution in [1.29, 1.82) is 0 Å². The second-order valence-corrected chi connectivity index (χ2v) is 3.65. The predicted octanol–water partition coefficient (Wildman–Crippen LogP) is 1.82. The Morgan fingerprint density at radius 1 is 1.31 bits per heavy atom. The molecule has 2 rings (SSSR count). The van der Waals surface area contributed by atoms with E-state index in [1.54, 1.807) is 6.20 Å². The lowest BCUT2D eigenvalue weighted by Crippen LogP contribution is -2.14. The van der Waals surface area contributed by atoms with Gasteiger partial charge in [0.2, 0.25) is 0 Å². The summed E-state index contributed by atoms with van der Waals surface area (Å²) in [4.78, 5) is 18.1. The molecule has 3 nitrogen and oxygen atoms in total. The van der Waals surface area contributed by atoms with Gasteiger partial charge in [-0.15, -0.1) is 0 Å². The third-order valence-corrected chi connectivity index (χ3v) is 2.68. The van der Waals surface area contributed by atoms with Gasteiger partial charge in [0.25, 0.3) is 5.56 Å². The third-order valence-electron chi connectivity index (χ3n) is 2.68. The van der Waals surface area contributed by atoms with Crippen LogP contribution >= 0.6 is 0 Å². The molecule has 1 fully saturated rings. The first kappa shape index (κ1) is 8.48. The SMILES string of the molecule is O=c1ccnc(C2CCCCC2)[nH]1. The summed E-state index contributed by atoms with van der Waals surface area (Å²) in [7, 11) is 0. The van der Waals surface area contributed by atoms with Crippen LogP contribution in [0, 0.1) is 0 Å². The maximum absolute atomic E-state index is 11.0. The highest BCUT2D eigenvalue weighted by Crippen LogP contribution is 2.29. The first-order valence-electron chi connectivity index (χ1n) is 4.91. The number of nitrogens with zero attached hydrogens (tertiary/aromatic N) is 1. The Morgan fingerprint density at radius 3 is 2.77 bits per heavy atom. The Balaban J connectivity index is 2.19. The molecule has 1 aliphatic carbocycles. The fourth-order valence-electron chi connectivity index (χ4n) is 1.97. The van der Waals surface area contributed by atoms with Crippen molar-refractivity contribution in [2.24, 2.45) is 0 Å². The lowest BCUT2D eigenvalue weighted by Gasteiger charge is -2.19. The van der Waals surface area contributed by atoms with Crippen molar-refractivity contribution in [3.05, 3.63) is 28.4 Å². The van der Waals surface area contributed by atoms with Gasteiger partial charge in [-0.2, -0.15) is 0 Å². The number of nitrogens with one attached hydrogen (secondary N) is 1. The molecule has 1 aliphatic rings. The number of H-pyrrole nitrogens is 1. The van der Waals surface area contributed by atoms with Gasteiger partial charge >= 0.3 is 0 Å². The second-order valence-electron chi connectivity index (χ2n) is 3.65. The van der Waals surface area contributed by atoms with Crippen LogP contribution in [0.1, 0.15) is 43.8 Å². The van der Waals surface area contributed by atoms with Crippen LogP contribution in [-0.4, -0.2) is 9.97 Å². The summed E-state index contributed by atoms with van der Waals surface area (Å²) < 4.78 is 0. The smallest absolute Gasteiger partial charge is 0.250 e. The van der Waals surface area contributed by atoms with Crippen LogP contribution in [0.5, 0.6) is 0 Å². The predicted molar refractivity (Wildman–Crippen MR) is 50.7 cm³/mol. The van der Waals surface area contributed by atoms with Crippen molar-refractivity contribution in [3.63, 3.8) is 0 Å². The standard InChI is InChI=1S/C10H14N2O/c13-9-6-7-11-10(12-9)8-4-2-1-3-5-8/h6-8H,1-5H2,(H,11,12,13). The summed E-state index contributed by atoms with van der Waals surface area (Å²) in [6, 6.07) is 1.46. The lowest BCUT2D eigenvalue weighted by atomic mass is 9.89. The van der Waals surface area contributed by atoms with Gasteiger partial charge in [0, 0.05) is 18.2 Å². The van der Waals surface area contributed by atoms with Gasteiger partial charge in [-0.3, -0.25) is 4.79 Å². The molecule has 0 atom stereocenters. The Kier molecular flexibility index (Phi) is 2.43. The van der Waals surface area contributed by atoms with Crippen LogP contribution < -0.4 is 5.56 Å². The Morgan fingerprint density at radius 2 is 2.08 bits per heavy atom. The fraction of sp³-hybridized carbons (Fsp3) is 0.600. The van der Waals surface area contributed by atoms with Gasteiger partial charge in [-0.05, 0) is 12.8 Å². The van der Waals surface area contributed by atoms with Gasteiger partial charge in [-0.1, -0.05) is 19.3 Å². The maximum atomic E-state index is 11.0. The molecule has 0 radical (unpaired) electrons. The van der Waals surface area contributed by atoms with E-state index in [-0.39, 0.29) is 5.56 Å². The van der Waals surface area contributed by atoms with Crippen LogP contribution in [0.2, 0.25) is 0 Å². The van der Waals surface area contributed by atoms with Crippen LogP contribution in [0.4, 0.5) is 0 Å². The molecule has 3 heteroatoms. The van der Waals surface area contributed by atoms with Crippen molar-refractivity contribution < 1.29 is 0 Å². The summed E-state index contributed by atoms with van der Waals surface area (Å²) in [5.41, 5.74) is -0.0319. The number of aromatic amines is 1. The van der Waals surface area contributed by atoms with E-state index in [4.69, 9.17) is 0 Å². The zero-order valence-electron chi connectivity index (χ0n) is 7.62. The number of rotatable bonds is 1. The lowest BCUT2D eigenvalue weighted by molar-refractivity contribution is 0.428. The summed E-state index contributed by atoms with van der Waals surface area (Å²) >= 11 is 0. The van der Waals surface area contributed by atoms with E-state index < -0.39 is 0 Å². The molecule has 0 bridgehead atoms. The number of aromatic nitrogens is 2. The zero-order chi connectivity index (χ0) is 9.10. The number of hydrogen-bond acceptors (Lipinski definition) is 2. The molecule has 0 aliphatic heterocycles. The quantitative estimate of drug-likeness (QED) is 0.713. The average Bonchev–Trinajstić information content (AvgIpc) is 2.19. The Hall–Kier alpha value is -1.12. The third kappa shape index (κ3) is 1.97. The monoisotopic (exact) mass is 178 g/mol.